The van der Waals surface area contributed by atoms with Gasteiger partial charge in [-0.2, -0.15) is 0 Å². The topological polar surface area (TPSA) is 98.9 Å². The van der Waals surface area contributed by atoms with Crippen molar-refractivity contribution in [3.05, 3.63) is 65.9 Å². The van der Waals surface area contributed by atoms with Crippen molar-refractivity contribution in [3.8, 4) is 22.8 Å². The number of sulfone groups is 1. The number of carbonyl (C=O) groups is 1. The Hall–Kier alpha value is -3.33. The summed E-state index contributed by atoms with van der Waals surface area (Å²) in [6, 6.07) is 15.7. The summed E-state index contributed by atoms with van der Waals surface area (Å²) in [5, 5.41) is 3.97. The van der Waals surface area contributed by atoms with Crippen LogP contribution in [0.3, 0.4) is 0 Å². The fraction of sp³-hybridized carbons (Fsp3) is 0.304. The zero-order chi connectivity index (χ0) is 22.7. The minimum atomic E-state index is -3.18. The molecular formula is C23H24N2O6S. The zero-order valence-electron chi connectivity index (χ0n) is 17.9. The van der Waals surface area contributed by atoms with E-state index in [0.29, 0.717) is 23.7 Å². The van der Waals surface area contributed by atoms with Crippen LogP contribution in [0.2, 0.25) is 0 Å². The van der Waals surface area contributed by atoms with Crippen LogP contribution in [-0.2, 0) is 16.4 Å². The van der Waals surface area contributed by atoms with Crippen molar-refractivity contribution in [3.63, 3.8) is 0 Å². The van der Waals surface area contributed by atoms with Gasteiger partial charge in [-0.3, -0.25) is 4.79 Å². The quantitative estimate of drug-likeness (QED) is 0.538. The summed E-state index contributed by atoms with van der Waals surface area (Å²) in [5.41, 5.74) is 1.71. The Bertz CT molecular complexity index is 1200. The maximum absolute atomic E-state index is 13.4. The second kappa shape index (κ2) is 9.04. The van der Waals surface area contributed by atoms with Gasteiger partial charge < -0.3 is 18.9 Å². The van der Waals surface area contributed by atoms with Gasteiger partial charge in [0.2, 0.25) is 0 Å². The molecule has 1 unspecified atom stereocenters. The molecule has 0 spiro atoms. The molecule has 0 aliphatic carbocycles. The van der Waals surface area contributed by atoms with Crippen LogP contribution < -0.4 is 9.47 Å². The van der Waals surface area contributed by atoms with Gasteiger partial charge in [-0.15, -0.1) is 0 Å². The summed E-state index contributed by atoms with van der Waals surface area (Å²) in [7, 11) is -0.0252. The lowest BCUT2D eigenvalue weighted by Gasteiger charge is -2.27. The summed E-state index contributed by atoms with van der Waals surface area (Å²) in [5.74, 6) is 1.44. The minimum Gasteiger partial charge on any atom is -0.497 e. The van der Waals surface area contributed by atoms with Crippen LogP contribution in [0, 0.1) is 0 Å². The van der Waals surface area contributed by atoms with Crippen molar-refractivity contribution in [2.24, 2.45) is 0 Å². The maximum atomic E-state index is 13.4. The molecule has 9 heteroatoms. The monoisotopic (exact) mass is 456 g/mol. The summed E-state index contributed by atoms with van der Waals surface area (Å²) in [6.45, 7) is 0.237. The van der Waals surface area contributed by atoms with E-state index >= 15 is 0 Å². The normalized spacial score (nSPS) is 17.1. The third kappa shape index (κ3) is 4.77. The highest BCUT2D eigenvalue weighted by Crippen LogP contribution is 2.26. The standard InChI is InChI=1S/C23H24N2O6S/c1-29-19-8-6-17(7-9-19)22-13-21(24-31-22)23(26)25(18-10-11-32(27,28)15-18)14-16-4-3-5-20(12-16)30-2/h3-9,12-13,18H,10-11,14-15H2,1-2H3. The Kier molecular flexibility index (Phi) is 6.18. The Balaban J connectivity index is 1.61. The van der Waals surface area contributed by atoms with E-state index in [9.17, 15) is 13.2 Å². The number of amides is 1. The molecule has 1 aromatic heterocycles. The third-order valence-electron chi connectivity index (χ3n) is 5.50. The van der Waals surface area contributed by atoms with Gasteiger partial charge in [-0.1, -0.05) is 17.3 Å². The lowest BCUT2D eigenvalue weighted by Crippen LogP contribution is -2.40. The average Bonchev–Trinajstić information content (AvgIpc) is 3.44. The molecular weight excluding hydrogens is 432 g/mol. The van der Waals surface area contributed by atoms with Gasteiger partial charge >= 0.3 is 0 Å². The van der Waals surface area contributed by atoms with E-state index in [-0.39, 0.29) is 29.7 Å². The zero-order valence-corrected chi connectivity index (χ0v) is 18.7. The first-order valence-electron chi connectivity index (χ1n) is 10.1. The van der Waals surface area contributed by atoms with Crippen molar-refractivity contribution >= 4 is 15.7 Å². The summed E-state index contributed by atoms with van der Waals surface area (Å²) in [4.78, 5) is 15.0. The van der Waals surface area contributed by atoms with Gasteiger partial charge in [0.1, 0.15) is 11.5 Å². The van der Waals surface area contributed by atoms with Gasteiger partial charge in [-0.05, 0) is 48.4 Å². The van der Waals surface area contributed by atoms with Gasteiger partial charge in [0.15, 0.2) is 21.3 Å². The molecule has 0 saturated carbocycles. The van der Waals surface area contributed by atoms with Crippen molar-refractivity contribution in [1.82, 2.24) is 10.1 Å². The van der Waals surface area contributed by atoms with E-state index in [4.69, 9.17) is 14.0 Å². The van der Waals surface area contributed by atoms with Crippen molar-refractivity contribution in [1.29, 1.82) is 0 Å². The predicted octanol–water partition coefficient (Wildman–Crippen LogP) is 3.19. The van der Waals surface area contributed by atoms with E-state index in [2.05, 4.69) is 5.16 Å². The van der Waals surface area contributed by atoms with Crippen LogP contribution in [0.4, 0.5) is 0 Å². The fourth-order valence-electron chi connectivity index (χ4n) is 3.77. The molecule has 1 amide bonds. The second-order valence-corrected chi connectivity index (χ2v) is 9.88. The molecule has 3 aromatic rings. The van der Waals surface area contributed by atoms with Crippen molar-refractivity contribution in [2.45, 2.75) is 19.0 Å². The molecule has 1 aliphatic heterocycles. The number of ether oxygens (including phenoxy) is 2. The first-order valence-corrected chi connectivity index (χ1v) is 12.0. The average molecular weight is 457 g/mol. The number of benzene rings is 2. The third-order valence-corrected chi connectivity index (χ3v) is 7.25. The molecule has 4 rings (SSSR count). The van der Waals surface area contributed by atoms with E-state index in [1.807, 2.05) is 36.4 Å². The van der Waals surface area contributed by atoms with Crippen LogP contribution >= 0.6 is 0 Å². The molecule has 0 radical (unpaired) electrons. The molecule has 1 fully saturated rings. The smallest absolute Gasteiger partial charge is 0.276 e. The van der Waals surface area contributed by atoms with Crippen LogP contribution in [0.15, 0.2) is 59.1 Å². The lowest BCUT2D eigenvalue weighted by molar-refractivity contribution is 0.0670. The molecule has 1 aliphatic rings. The highest BCUT2D eigenvalue weighted by atomic mass is 32.2. The van der Waals surface area contributed by atoms with Crippen LogP contribution in [-0.4, -0.2) is 56.1 Å². The van der Waals surface area contributed by atoms with Gasteiger partial charge in [0, 0.05) is 24.2 Å². The fourth-order valence-corrected chi connectivity index (χ4v) is 5.50. The molecule has 2 heterocycles. The number of nitrogens with zero attached hydrogens (tertiary/aromatic N) is 2. The van der Waals surface area contributed by atoms with E-state index in [0.717, 1.165) is 11.1 Å². The Morgan fingerprint density at radius 2 is 1.84 bits per heavy atom. The summed E-state index contributed by atoms with van der Waals surface area (Å²) in [6.07, 6.45) is 0.390. The second-order valence-electron chi connectivity index (χ2n) is 7.65. The van der Waals surface area contributed by atoms with E-state index in [1.54, 1.807) is 37.3 Å². The number of aromatic nitrogens is 1. The molecule has 0 bridgehead atoms. The Morgan fingerprint density at radius 1 is 1.09 bits per heavy atom. The van der Waals surface area contributed by atoms with Gasteiger partial charge in [-0.25, -0.2) is 8.42 Å². The highest BCUT2D eigenvalue weighted by Gasteiger charge is 2.36. The molecule has 0 N–H and O–H groups in total. The highest BCUT2D eigenvalue weighted by molar-refractivity contribution is 7.91. The van der Waals surface area contributed by atoms with Gasteiger partial charge in [0.25, 0.3) is 5.91 Å². The molecule has 2 aromatic carbocycles. The predicted molar refractivity (Wildman–Crippen MR) is 118 cm³/mol. The summed E-state index contributed by atoms with van der Waals surface area (Å²) < 4.78 is 40.0. The number of hydrogen-bond acceptors (Lipinski definition) is 7. The number of carbonyl (C=O) groups excluding carboxylic acids is 1. The molecule has 168 valence electrons. The van der Waals surface area contributed by atoms with Crippen molar-refractivity contribution in [2.75, 3.05) is 25.7 Å². The molecule has 32 heavy (non-hydrogen) atoms. The molecule has 1 atom stereocenters. The first kappa shape index (κ1) is 21.9. The Labute approximate surface area is 186 Å². The van der Waals surface area contributed by atoms with Crippen LogP contribution in [0.25, 0.3) is 11.3 Å². The van der Waals surface area contributed by atoms with E-state index < -0.39 is 15.9 Å². The number of hydrogen-bond donors (Lipinski definition) is 0. The molecule has 1 saturated heterocycles. The maximum Gasteiger partial charge on any atom is 0.276 e. The van der Waals surface area contributed by atoms with Crippen LogP contribution in [0.1, 0.15) is 22.5 Å². The minimum absolute atomic E-state index is 0.0636. The molecule has 8 nitrogen and oxygen atoms in total. The SMILES string of the molecule is COc1ccc(-c2cc(C(=O)N(Cc3cccc(OC)c3)C3CCS(=O)(=O)C3)no2)cc1. The largest absolute Gasteiger partial charge is 0.497 e. The first-order chi connectivity index (χ1) is 15.4. The van der Waals surface area contributed by atoms with Crippen molar-refractivity contribution < 1.29 is 27.2 Å². The summed E-state index contributed by atoms with van der Waals surface area (Å²) >= 11 is 0. The van der Waals surface area contributed by atoms with Crippen LogP contribution in [0.5, 0.6) is 11.5 Å². The van der Waals surface area contributed by atoms with E-state index in [1.165, 1.54) is 0 Å². The lowest BCUT2D eigenvalue weighted by atomic mass is 10.1. The van der Waals surface area contributed by atoms with Gasteiger partial charge in [0.05, 0.1) is 25.7 Å². The number of rotatable bonds is 7. The number of methoxy groups -OCH3 is 2. The Morgan fingerprint density at radius 3 is 2.50 bits per heavy atom.